The number of benzene rings is 1. The van der Waals surface area contributed by atoms with E-state index >= 15 is 0 Å². The van der Waals surface area contributed by atoms with Crippen LogP contribution in [0.15, 0.2) is 47.1 Å². The summed E-state index contributed by atoms with van der Waals surface area (Å²) in [7, 11) is 1.60. The summed E-state index contributed by atoms with van der Waals surface area (Å²) in [4.78, 5) is 26.2. The molecule has 3 aromatic rings. The number of nitrogens with zero attached hydrogens (tertiary/aromatic N) is 3. The van der Waals surface area contributed by atoms with Gasteiger partial charge in [-0.05, 0) is 36.4 Å². The second kappa shape index (κ2) is 7.20. The lowest BCUT2D eigenvalue weighted by Gasteiger charge is -2.16. The molecule has 1 unspecified atom stereocenters. The molecule has 1 saturated heterocycles. The van der Waals surface area contributed by atoms with E-state index in [9.17, 15) is 9.59 Å². The number of ether oxygens (including phenoxy) is 1. The third-order valence-corrected chi connectivity index (χ3v) is 5.27. The molecule has 1 aliphatic heterocycles. The van der Waals surface area contributed by atoms with Gasteiger partial charge < -0.3 is 14.1 Å². The Morgan fingerprint density at radius 2 is 2.11 bits per heavy atom. The Bertz CT molecular complexity index is 952. The summed E-state index contributed by atoms with van der Waals surface area (Å²) in [5.41, 5.74) is 0.819. The number of nitrogens with one attached hydrogen (secondary N) is 1. The zero-order chi connectivity index (χ0) is 18.8. The van der Waals surface area contributed by atoms with Gasteiger partial charge in [-0.15, -0.1) is 10.2 Å². The third kappa shape index (κ3) is 3.54. The van der Waals surface area contributed by atoms with Gasteiger partial charge in [-0.2, -0.15) is 0 Å². The molecular weight excluding hydrogens is 368 g/mol. The molecular formula is C18H16N4O4S. The zero-order valence-corrected chi connectivity index (χ0v) is 15.2. The molecule has 0 aliphatic carbocycles. The molecule has 2 amide bonds. The predicted octanol–water partition coefficient (Wildman–Crippen LogP) is 2.91. The molecule has 0 spiro atoms. The van der Waals surface area contributed by atoms with Crippen molar-refractivity contribution in [1.82, 2.24) is 10.2 Å². The number of aromatic nitrogens is 2. The summed E-state index contributed by atoms with van der Waals surface area (Å²) >= 11 is 1.27. The van der Waals surface area contributed by atoms with Crippen LogP contribution < -0.4 is 15.0 Å². The minimum absolute atomic E-state index is 0.0292. The molecule has 0 saturated carbocycles. The van der Waals surface area contributed by atoms with E-state index in [0.717, 1.165) is 11.4 Å². The summed E-state index contributed by atoms with van der Waals surface area (Å²) in [5, 5.41) is 11.9. The second-order valence-electron chi connectivity index (χ2n) is 5.98. The number of carbonyl (C=O) groups is 2. The number of carbonyl (C=O) groups excluding carboxylic acids is 2. The van der Waals surface area contributed by atoms with Crippen LogP contribution in [0.5, 0.6) is 5.75 Å². The fourth-order valence-corrected chi connectivity index (χ4v) is 3.73. The quantitative estimate of drug-likeness (QED) is 0.726. The molecule has 1 aromatic carbocycles. The first-order valence-electron chi connectivity index (χ1n) is 8.26. The van der Waals surface area contributed by atoms with E-state index in [1.165, 1.54) is 17.6 Å². The number of methoxy groups -OCH3 is 1. The van der Waals surface area contributed by atoms with Gasteiger partial charge in [0.2, 0.25) is 11.0 Å². The molecule has 138 valence electrons. The van der Waals surface area contributed by atoms with Crippen LogP contribution in [0.3, 0.4) is 0 Å². The van der Waals surface area contributed by atoms with Crippen LogP contribution in [0, 0.1) is 0 Å². The summed E-state index contributed by atoms with van der Waals surface area (Å²) in [5.74, 6) is 0.523. The van der Waals surface area contributed by atoms with Crippen LogP contribution >= 0.6 is 11.3 Å². The normalized spacial score (nSPS) is 16.6. The number of rotatable bonds is 5. The molecule has 4 rings (SSSR count). The van der Waals surface area contributed by atoms with Gasteiger partial charge in [-0.3, -0.25) is 14.9 Å². The SMILES string of the molecule is COc1ccc(N2CC(c3nnc(NC(=O)c4ccco4)s3)CC2=O)cc1. The van der Waals surface area contributed by atoms with Crippen molar-refractivity contribution < 1.29 is 18.7 Å². The number of hydrogen-bond donors (Lipinski definition) is 1. The van der Waals surface area contributed by atoms with Crippen molar-refractivity contribution in [1.29, 1.82) is 0 Å². The maximum Gasteiger partial charge on any atom is 0.293 e. The average molecular weight is 384 g/mol. The van der Waals surface area contributed by atoms with Crippen LogP contribution in [-0.2, 0) is 4.79 Å². The molecule has 0 bridgehead atoms. The van der Waals surface area contributed by atoms with Gasteiger partial charge in [-0.25, -0.2) is 0 Å². The van der Waals surface area contributed by atoms with Gasteiger partial charge in [0, 0.05) is 24.6 Å². The van der Waals surface area contributed by atoms with E-state index in [0.29, 0.717) is 23.1 Å². The van der Waals surface area contributed by atoms with E-state index in [2.05, 4.69) is 15.5 Å². The van der Waals surface area contributed by atoms with Gasteiger partial charge in [0.05, 0.1) is 13.4 Å². The Morgan fingerprint density at radius 1 is 1.30 bits per heavy atom. The van der Waals surface area contributed by atoms with Crippen molar-refractivity contribution in [3.8, 4) is 5.75 Å². The van der Waals surface area contributed by atoms with Crippen molar-refractivity contribution in [2.45, 2.75) is 12.3 Å². The van der Waals surface area contributed by atoms with E-state index in [-0.39, 0.29) is 23.5 Å². The lowest BCUT2D eigenvalue weighted by molar-refractivity contribution is -0.117. The molecule has 8 nitrogen and oxygen atoms in total. The van der Waals surface area contributed by atoms with Crippen LogP contribution in [0.2, 0.25) is 0 Å². The average Bonchev–Trinajstić information content (AvgIpc) is 3.42. The first-order chi connectivity index (χ1) is 13.1. The summed E-state index contributed by atoms with van der Waals surface area (Å²) in [6.07, 6.45) is 1.78. The number of furan rings is 1. The van der Waals surface area contributed by atoms with Gasteiger partial charge in [0.15, 0.2) is 5.76 Å². The molecule has 2 aromatic heterocycles. The largest absolute Gasteiger partial charge is 0.497 e. The second-order valence-corrected chi connectivity index (χ2v) is 6.99. The first kappa shape index (κ1) is 17.2. The van der Waals surface area contributed by atoms with Gasteiger partial charge in [0.25, 0.3) is 5.91 Å². The zero-order valence-electron chi connectivity index (χ0n) is 14.4. The van der Waals surface area contributed by atoms with Gasteiger partial charge in [0.1, 0.15) is 10.8 Å². The van der Waals surface area contributed by atoms with Crippen LogP contribution in [0.25, 0.3) is 0 Å². The minimum Gasteiger partial charge on any atom is -0.497 e. The Kier molecular flexibility index (Phi) is 4.59. The fourth-order valence-electron chi connectivity index (χ4n) is 2.90. The molecule has 27 heavy (non-hydrogen) atoms. The molecule has 9 heteroatoms. The van der Waals surface area contributed by atoms with Gasteiger partial charge >= 0.3 is 0 Å². The highest BCUT2D eigenvalue weighted by Gasteiger charge is 2.34. The van der Waals surface area contributed by atoms with Crippen molar-refractivity contribution in [3.63, 3.8) is 0 Å². The molecule has 1 aliphatic rings. The molecule has 3 heterocycles. The van der Waals surface area contributed by atoms with Crippen LogP contribution in [0.1, 0.15) is 27.9 Å². The Morgan fingerprint density at radius 3 is 2.81 bits per heavy atom. The topological polar surface area (TPSA) is 97.6 Å². The Hall–Kier alpha value is -3.20. The highest BCUT2D eigenvalue weighted by atomic mass is 32.1. The fraction of sp³-hybridized carbons (Fsp3) is 0.222. The van der Waals surface area contributed by atoms with Crippen molar-refractivity contribution >= 4 is 34.0 Å². The molecule has 1 fully saturated rings. The number of hydrogen-bond acceptors (Lipinski definition) is 7. The lowest BCUT2D eigenvalue weighted by atomic mass is 10.1. The summed E-state index contributed by atoms with van der Waals surface area (Å²) in [6.45, 7) is 0.520. The number of amides is 2. The van der Waals surface area contributed by atoms with E-state index < -0.39 is 0 Å². The first-order valence-corrected chi connectivity index (χ1v) is 9.08. The van der Waals surface area contributed by atoms with Crippen LogP contribution in [-0.4, -0.2) is 35.7 Å². The highest BCUT2D eigenvalue weighted by Crippen LogP contribution is 2.34. The Balaban J connectivity index is 1.44. The maximum atomic E-state index is 12.4. The number of anilines is 2. The predicted molar refractivity (Wildman–Crippen MR) is 99.3 cm³/mol. The minimum atomic E-state index is -0.384. The molecule has 1 atom stereocenters. The van der Waals surface area contributed by atoms with E-state index in [4.69, 9.17) is 9.15 Å². The summed E-state index contributed by atoms with van der Waals surface area (Å²) in [6, 6.07) is 10.6. The van der Waals surface area contributed by atoms with Crippen molar-refractivity contribution in [2.75, 3.05) is 23.9 Å². The van der Waals surface area contributed by atoms with E-state index in [1.54, 1.807) is 24.1 Å². The molecule has 0 radical (unpaired) electrons. The monoisotopic (exact) mass is 384 g/mol. The van der Waals surface area contributed by atoms with E-state index in [1.807, 2.05) is 24.3 Å². The Labute approximate surface area is 158 Å². The maximum absolute atomic E-state index is 12.4. The molecule has 1 N–H and O–H groups in total. The highest BCUT2D eigenvalue weighted by molar-refractivity contribution is 7.15. The lowest BCUT2D eigenvalue weighted by Crippen LogP contribution is -2.24. The van der Waals surface area contributed by atoms with Crippen molar-refractivity contribution in [2.24, 2.45) is 0 Å². The van der Waals surface area contributed by atoms with Crippen molar-refractivity contribution in [3.05, 3.63) is 53.4 Å². The van der Waals surface area contributed by atoms with Crippen LogP contribution in [0.4, 0.5) is 10.8 Å². The summed E-state index contributed by atoms with van der Waals surface area (Å²) < 4.78 is 10.2. The smallest absolute Gasteiger partial charge is 0.293 e. The van der Waals surface area contributed by atoms with Gasteiger partial charge in [-0.1, -0.05) is 11.3 Å². The standard InChI is InChI=1S/C18H16N4O4S/c1-25-13-6-4-12(5-7-13)22-10-11(9-15(22)23)17-20-21-18(27-17)19-16(24)14-3-2-8-26-14/h2-8,11H,9-10H2,1H3,(H,19,21,24). The third-order valence-electron chi connectivity index (χ3n) is 4.26.